The van der Waals surface area contributed by atoms with Gasteiger partial charge in [-0.15, -0.1) is 11.3 Å². The first-order chi connectivity index (χ1) is 12.2. The Bertz CT molecular complexity index is 862. The van der Waals surface area contributed by atoms with E-state index in [1.54, 1.807) is 11.3 Å². The molecule has 0 saturated carbocycles. The quantitative estimate of drug-likeness (QED) is 0.706. The Kier molecular flexibility index (Phi) is 5.46. The Morgan fingerprint density at radius 3 is 2.56 bits per heavy atom. The average molecular weight is 352 g/mol. The van der Waals surface area contributed by atoms with Crippen molar-refractivity contribution in [2.24, 2.45) is 0 Å². The molecule has 3 rings (SSSR count). The van der Waals surface area contributed by atoms with Gasteiger partial charge >= 0.3 is 0 Å². The maximum atomic E-state index is 12.6. The zero-order valence-corrected chi connectivity index (χ0v) is 14.8. The van der Waals surface area contributed by atoms with Crippen LogP contribution < -0.4 is 10.9 Å². The van der Waals surface area contributed by atoms with Crippen molar-refractivity contribution in [3.8, 4) is 0 Å². The molecular formula is C20H20N2O2S. The Hall–Kier alpha value is -2.66. The third-order valence-electron chi connectivity index (χ3n) is 4.00. The molecule has 1 aromatic carbocycles. The van der Waals surface area contributed by atoms with Gasteiger partial charge in [0.1, 0.15) is 0 Å². The number of aryl methyl sites for hydroxylation is 1. The first-order valence-electron chi connectivity index (χ1n) is 8.29. The molecule has 0 aliphatic heterocycles. The minimum absolute atomic E-state index is 0.213. The highest BCUT2D eigenvalue weighted by Gasteiger charge is 2.19. The SMILES string of the molecule is CCCc1ccc(C(NC(=O)c2ccc(=O)[nH]c2)c2cccs2)cc1. The van der Waals surface area contributed by atoms with Crippen molar-refractivity contribution < 1.29 is 4.79 Å². The van der Waals surface area contributed by atoms with E-state index in [1.165, 1.54) is 23.9 Å². The summed E-state index contributed by atoms with van der Waals surface area (Å²) < 4.78 is 0. The van der Waals surface area contributed by atoms with Crippen LogP contribution in [0.25, 0.3) is 0 Å². The van der Waals surface area contributed by atoms with Gasteiger partial charge in [0.2, 0.25) is 5.56 Å². The van der Waals surface area contributed by atoms with E-state index in [1.807, 2.05) is 17.5 Å². The number of rotatable bonds is 6. The van der Waals surface area contributed by atoms with Gasteiger partial charge in [0.05, 0.1) is 11.6 Å². The highest BCUT2D eigenvalue weighted by Crippen LogP contribution is 2.27. The number of carbonyl (C=O) groups is 1. The summed E-state index contributed by atoms with van der Waals surface area (Å²) in [5.41, 5.74) is 2.55. The lowest BCUT2D eigenvalue weighted by atomic mass is 10.0. The molecule has 4 nitrogen and oxygen atoms in total. The molecule has 0 radical (unpaired) electrons. The van der Waals surface area contributed by atoms with Crippen LogP contribution in [0, 0.1) is 0 Å². The molecule has 2 heterocycles. The van der Waals surface area contributed by atoms with Crippen molar-refractivity contribution in [3.63, 3.8) is 0 Å². The number of pyridine rings is 1. The minimum atomic E-state index is -0.224. The predicted octanol–water partition coefficient (Wildman–Crippen LogP) is 3.91. The average Bonchev–Trinajstić information content (AvgIpc) is 3.15. The highest BCUT2D eigenvalue weighted by molar-refractivity contribution is 7.10. The van der Waals surface area contributed by atoms with Crippen LogP contribution >= 0.6 is 11.3 Å². The van der Waals surface area contributed by atoms with Crippen molar-refractivity contribution in [2.45, 2.75) is 25.8 Å². The maximum Gasteiger partial charge on any atom is 0.253 e. The fraction of sp³-hybridized carbons (Fsp3) is 0.200. The number of aromatic nitrogens is 1. The number of carbonyl (C=O) groups excluding carboxylic acids is 1. The van der Waals surface area contributed by atoms with E-state index in [4.69, 9.17) is 0 Å². The van der Waals surface area contributed by atoms with Gasteiger partial charge in [-0.05, 0) is 35.1 Å². The number of hydrogen-bond donors (Lipinski definition) is 2. The molecule has 0 spiro atoms. The van der Waals surface area contributed by atoms with E-state index in [-0.39, 0.29) is 17.5 Å². The predicted molar refractivity (Wildman–Crippen MR) is 101 cm³/mol. The molecule has 25 heavy (non-hydrogen) atoms. The van der Waals surface area contributed by atoms with Crippen molar-refractivity contribution in [1.29, 1.82) is 0 Å². The molecule has 1 amide bonds. The Morgan fingerprint density at radius 1 is 1.16 bits per heavy atom. The van der Waals surface area contributed by atoms with E-state index in [0.717, 1.165) is 23.3 Å². The molecular weight excluding hydrogens is 332 g/mol. The zero-order chi connectivity index (χ0) is 17.6. The molecule has 0 fully saturated rings. The molecule has 2 aromatic heterocycles. The number of amides is 1. The van der Waals surface area contributed by atoms with Gasteiger partial charge in [0.15, 0.2) is 0 Å². The Labute approximate surface area is 150 Å². The van der Waals surface area contributed by atoms with Gasteiger partial charge < -0.3 is 10.3 Å². The summed E-state index contributed by atoms with van der Waals surface area (Å²) in [6.07, 6.45) is 3.60. The van der Waals surface area contributed by atoms with Crippen LogP contribution in [-0.4, -0.2) is 10.9 Å². The Balaban J connectivity index is 1.86. The minimum Gasteiger partial charge on any atom is -0.340 e. The molecule has 0 aliphatic carbocycles. The topological polar surface area (TPSA) is 62.0 Å². The van der Waals surface area contributed by atoms with Crippen LogP contribution in [-0.2, 0) is 6.42 Å². The number of benzene rings is 1. The number of hydrogen-bond acceptors (Lipinski definition) is 3. The van der Waals surface area contributed by atoms with Gasteiger partial charge in [-0.3, -0.25) is 9.59 Å². The van der Waals surface area contributed by atoms with Crippen molar-refractivity contribution >= 4 is 17.2 Å². The van der Waals surface area contributed by atoms with E-state index in [2.05, 4.69) is 41.5 Å². The summed E-state index contributed by atoms with van der Waals surface area (Å²) in [6.45, 7) is 2.16. The van der Waals surface area contributed by atoms with Gasteiger partial charge in [0.25, 0.3) is 5.91 Å². The van der Waals surface area contributed by atoms with Crippen LogP contribution in [0.4, 0.5) is 0 Å². The second kappa shape index (κ2) is 7.94. The van der Waals surface area contributed by atoms with Crippen LogP contribution in [0.5, 0.6) is 0 Å². The van der Waals surface area contributed by atoms with Gasteiger partial charge in [-0.1, -0.05) is 43.7 Å². The summed E-state index contributed by atoms with van der Waals surface area (Å²) in [6, 6.07) is 15.0. The van der Waals surface area contributed by atoms with Crippen LogP contribution in [0.15, 0.2) is 64.9 Å². The maximum absolute atomic E-state index is 12.6. The summed E-state index contributed by atoms with van der Waals surface area (Å²) >= 11 is 1.61. The van der Waals surface area contributed by atoms with Crippen LogP contribution in [0.3, 0.4) is 0 Å². The van der Waals surface area contributed by atoms with Crippen molar-refractivity contribution in [1.82, 2.24) is 10.3 Å². The van der Waals surface area contributed by atoms with Gasteiger partial charge in [0, 0.05) is 17.1 Å². The first-order valence-corrected chi connectivity index (χ1v) is 9.17. The molecule has 0 aliphatic rings. The normalized spacial score (nSPS) is 11.9. The fourth-order valence-electron chi connectivity index (χ4n) is 2.71. The van der Waals surface area contributed by atoms with E-state index < -0.39 is 0 Å². The molecule has 0 bridgehead atoms. The van der Waals surface area contributed by atoms with E-state index >= 15 is 0 Å². The standard InChI is InChI=1S/C20H20N2O2S/c1-2-4-14-6-8-15(9-7-14)19(17-5-3-12-25-17)22-20(24)16-10-11-18(23)21-13-16/h3,5-13,19H,2,4H2,1H3,(H,21,23)(H,22,24). The number of nitrogens with one attached hydrogen (secondary N) is 2. The third-order valence-corrected chi connectivity index (χ3v) is 4.94. The Morgan fingerprint density at radius 2 is 1.96 bits per heavy atom. The lowest BCUT2D eigenvalue weighted by Crippen LogP contribution is -2.29. The first kappa shape index (κ1) is 17.2. The molecule has 3 aromatic rings. The lowest BCUT2D eigenvalue weighted by Gasteiger charge is -2.18. The largest absolute Gasteiger partial charge is 0.340 e. The molecule has 1 atom stereocenters. The molecule has 1 unspecified atom stereocenters. The zero-order valence-electron chi connectivity index (χ0n) is 14.0. The van der Waals surface area contributed by atoms with Crippen LogP contribution in [0.2, 0.25) is 0 Å². The summed E-state index contributed by atoms with van der Waals surface area (Å²) in [5.74, 6) is -0.215. The third kappa shape index (κ3) is 4.25. The fourth-order valence-corrected chi connectivity index (χ4v) is 3.51. The number of thiophene rings is 1. The number of aromatic amines is 1. The summed E-state index contributed by atoms with van der Waals surface area (Å²) in [7, 11) is 0. The highest BCUT2D eigenvalue weighted by atomic mass is 32.1. The second-order valence-corrected chi connectivity index (χ2v) is 6.83. The summed E-state index contributed by atoms with van der Waals surface area (Å²) in [5, 5.41) is 5.07. The summed E-state index contributed by atoms with van der Waals surface area (Å²) in [4.78, 5) is 27.4. The van der Waals surface area contributed by atoms with E-state index in [9.17, 15) is 9.59 Å². The number of H-pyrrole nitrogens is 1. The second-order valence-electron chi connectivity index (χ2n) is 5.86. The molecule has 2 N–H and O–H groups in total. The van der Waals surface area contributed by atoms with Crippen molar-refractivity contribution in [3.05, 3.63) is 92.0 Å². The molecule has 128 valence electrons. The lowest BCUT2D eigenvalue weighted by molar-refractivity contribution is 0.0943. The molecule has 0 saturated heterocycles. The monoisotopic (exact) mass is 352 g/mol. The molecule has 5 heteroatoms. The van der Waals surface area contributed by atoms with Crippen molar-refractivity contribution in [2.75, 3.05) is 0 Å². The van der Waals surface area contributed by atoms with E-state index in [0.29, 0.717) is 5.56 Å². The van der Waals surface area contributed by atoms with Gasteiger partial charge in [-0.25, -0.2) is 0 Å². The van der Waals surface area contributed by atoms with Gasteiger partial charge in [-0.2, -0.15) is 0 Å². The van der Waals surface area contributed by atoms with Crippen LogP contribution in [0.1, 0.15) is 45.7 Å². The smallest absolute Gasteiger partial charge is 0.253 e.